The lowest BCUT2D eigenvalue weighted by Gasteiger charge is -2.32. The molecule has 1 amide bonds. The number of nitrogens with zero attached hydrogens (tertiary/aromatic N) is 5. The van der Waals surface area contributed by atoms with E-state index in [4.69, 9.17) is 0 Å². The van der Waals surface area contributed by atoms with E-state index in [-0.39, 0.29) is 17.5 Å². The zero-order valence-corrected chi connectivity index (χ0v) is 16.5. The van der Waals surface area contributed by atoms with Gasteiger partial charge in [0.2, 0.25) is 0 Å². The summed E-state index contributed by atoms with van der Waals surface area (Å²) in [5.41, 5.74) is 2.05. The molecule has 0 aliphatic carbocycles. The fourth-order valence-electron chi connectivity index (χ4n) is 3.63. The van der Waals surface area contributed by atoms with Gasteiger partial charge in [0, 0.05) is 24.8 Å². The number of hydrogen-bond donors (Lipinski definition) is 1. The van der Waals surface area contributed by atoms with Gasteiger partial charge in [-0.15, -0.1) is 0 Å². The number of carbonyl (C=O) groups excluding carboxylic acids is 1. The molecule has 0 bridgehead atoms. The van der Waals surface area contributed by atoms with Gasteiger partial charge in [0.15, 0.2) is 5.82 Å². The minimum atomic E-state index is -0.478. The van der Waals surface area contributed by atoms with Crippen LogP contribution in [0, 0.1) is 19.7 Å². The van der Waals surface area contributed by atoms with E-state index in [1.165, 1.54) is 12.1 Å². The van der Waals surface area contributed by atoms with Crippen molar-refractivity contribution < 1.29 is 9.18 Å². The zero-order valence-electron chi connectivity index (χ0n) is 16.5. The molecule has 1 aliphatic heterocycles. The van der Waals surface area contributed by atoms with Crippen LogP contribution in [0.25, 0.3) is 5.82 Å². The average Bonchev–Trinajstić information content (AvgIpc) is 3.07. The third-order valence-corrected chi connectivity index (χ3v) is 5.09. The highest BCUT2D eigenvalue weighted by Crippen LogP contribution is 2.19. The Morgan fingerprint density at radius 2 is 1.93 bits per heavy atom. The van der Waals surface area contributed by atoms with Gasteiger partial charge in [-0.1, -0.05) is 12.1 Å². The van der Waals surface area contributed by atoms with Crippen LogP contribution in [0.1, 0.15) is 34.6 Å². The molecule has 0 radical (unpaired) electrons. The van der Waals surface area contributed by atoms with Crippen molar-refractivity contribution in [2.45, 2.75) is 32.7 Å². The summed E-state index contributed by atoms with van der Waals surface area (Å²) >= 11 is 0. The predicted molar refractivity (Wildman–Crippen MR) is 108 cm³/mol. The summed E-state index contributed by atoms with van der Waals surface area (Å²) in [5, 5.41) is 7.85. The molecule has 150 valence electrons. The van der Waals surface area contributed by atoms with Crippen LogP contribution in [0.4, 0.5) is 10.2 Å². The molecule has 0 atom stereocenters. The molecule has 2 aromatic heterocycles. The molecular weight excluding hydrogens is 371 g/mol. The van der Waals surface area contributed by atoms with Gasteiger partial charge in [0.25, 0.3) is 5.91 Å². The number of nitrogens with one attached hydrogen (secondary N) is 1. The summed E-state index contributed by atoms with van der Waals surface area (Å²) in [7, 11) is 0. The molecule has 1 N–H and O–H groups in total. The van der Waals surface area contributed by atoms with Crippen LogP contribution in [0.15, 0.2) is 42.7 Å². The van der Waals surface area contributed by atoms with Gasteiger partial charge in [0.1, 0.15) is 11.6 Å². The zero-order chi connectivity index (χ0) is 20.4. The smallest absolute Gasteiger partial charge is 0.256 e. The molecule has 0 unspecified atom stereocenters. The third-order valence-electron chi connectivity index (χ3n) is 5.09. The summed E-state index contributed by atoms with van der Waals surface area (Å²) in [6.45, 7) is 5.05. The highest BCUT2D eigenvalue weighted by Gasteiger charge is 2.25. The number of benzene rings is 1. The Kier molecular flexibility index (Phi) is 5.24. The number of rotatable bonds is 4. The number of anilines is 1. The second-order valence-corrected chi connectivity index (χ2v) is 7.29. The molecule has 8 heteroatoms. The molecule has 3 heterocycles. The standard InChI is InChI=1S/C21H23FN6O/c1-14-11-15(2)28(26-14)20-13-23-12-19(25-20)24-16-7-9-27(10-8-16)21(29)17-5-3-4-6-18(17)22/h3-6,11-13,16H,7-10H2,1-2H3,(H,24,25). The van der Waals surface area contributed by atoms with E-state index in [1.807, 2.05) is 19.9 Å². The van der Waals surface area contributed by atoms with E-state index < -0.39 is 5.82 Å². The average molecular weight is 394 g/mol. The normalized spacial score (nSPS) is 14.8. The van der Waals surface area contributed by atoms with Crippen LogP contribution in [-0.2, 0) is 0 Å². The van der Waals surface area contributed by atoms with Gasteiger partial charge in [-0.25, -0.2) is 14.1 Å². The molecule has 0 spiro atoms. The summed E-state index contributed by atoms with van der Waals surface area (Å²) in [5.74, 6) is 0.601. The van der Waals surface area contributed by atoms with Gasteiger partial charge < -0.3 is 10.2 Å². The largest absolute Gasteiger partial charge is 0.366 e. The molecule has 1 saturated heterocycles. The fourth-order valence-corrected chi connectivity index (χ4v) is 3.63. The van der Waals surface area contributed by atoms with Crippen molar-refractivity contribution in [1.82, 2.24) is 24.6 Å². The Bertz CT molecular complexity index is 1030. The third kappa shape index (κ3) is 4.11. The first kappa shape index (κ1) is 19.0. The Morgan fingerprint density at radius 3 is 2.62 bits per heavy atom. The highest BCUT2D eigenvalue weighted by atomic mass is 19.1. The maximum Gasteiger partial charge on any atom is 0.256 e. The first-order chi connectivity index (χ1) is 14.0. The van der Waals surface area contributed by atoms with Crippen molar-refractivity contribution in [3.63, 3.8) is 0 Å². The molecule has 3 aromatic rings. The van der Waals surface area contributed by atoms with Crippen molar-refractivity contribution in [1.29, 1.82) is 0 Å². The fraction of sp³-hybridized carbons (Fsp3) is 0.333. The topological polar surface area (TPSA) is 75.9 Å². The lowest BCUT2D eigenvalue weighted by atomic mass is 10.0. The van der Waals surface area contributed by atoms with Crippen LogP contribution in [0.3, 0.4) is 0 Å². The van der Waals surface area contributed by atoms with E-state index in [2.05, 4.69) is 20.4 Å². The van der Waals surface area contributed by atoms with Crippen LogP contribution >= 0.6 is 0 Å². The number of piperidine rings is 1. The summed E-state index contributed by atoms with van der Waals surface area (Å²) in [6.07, 6.45) is 4.88. The molecular formula is C21H23FN6O. The van der Waals surface area contributed by atoms with E-state index >= 15 is 0 Å². The maximum absolute atomic E-state index is 13.9. The van der Waals surface area contributed by atoms with E-state index in [0.29, 0.717) is 24.7 Å². The molecule has 29 heavy (non-hydrogen) atoms. The minimum absolute atomic E-state index is 0.127. The second kappa shape index (κ2) is 7.98. The van der Waals surface area contributed by atoms with Crippen LogP contribution in [0.2, 0.25) is 0 Å². The molecule has 1 fully saturated rings. The van der Waals surface area contributed by atoms with Gasteiger partial charge in [-0.3, -0.25) is 9.78 Å². The molecule has 7 nitrogen and oxygen atoms in total. The van der Waals surface area contributed by atoms with Crippen molar-refractivity contribution >= 4 is 11.7 Å². The van der Waals surface area contributed by atoms with Gasteiger partial charge in [-0.2, -0.15) is 5.10 Å². The number of aryl methyl sites for hydroxylation is 2. The van der Waals surface area contributed by atoms with Gasteiger partial charge >= 0.3 is 0 Å². The molecule has 1 aromatic carbocycles. The van der Waals surface area contributed by atoms with Crippen molar-refractivity contribution in [3.05, 3.63) is 65.5 Å². The van der Waals surface area contributed by atoms with E-state index in [1.54, 1.807) is 34.1 Å². The number of amides is 1. The Morgan fingerprint density at radius 1 is 1.17 bits per heavy atom. The number of halogens is 1. The number of aromatic nitrogens is 4. The number of carbonyl (C=O) groups is 1. The molecule has 0 saturated carbocycles. The Labute approximate surface area is 168 Å². The van der Waals surface area contributed by atoms with E-state index in [0.717, 1.165) is 24.2 Å². The maximum atomic E-state index is 13.9. The lowest BCUT2D eigenvalue weighted by Crippen LogP contribution is -2.42. The monoisotopic (exact) mass is 394 g/mol. The summed E-state index contributed by atoms with van der Waals surface area (Å²) in [6, 6.07) is 8.27. The van der Waals surface area contributed by atoms with E-state index in [9.17, 15) is 9.18 Å². The molecule has 4 rings (SSSR count). The molecule has 1 aliphatic rings. The first-order valence-electron chi connectivity index (χ1n) is 9.67. The number of likely N-dealkylation sites (tertiary alicyclic amines) is 1. The van der Waals surface area contributed by atoms with Crippen molar-refractivity contribution in [3.8, 4) is 5.82 Å². The Balaban J connectivity index is 1.39. The number of hydrogen-bond acceptors (Lipinski definition) is 5. The first-order valence-corrected chi connectivity index (χ1v) is 9.67. The SMILES string of the molecule is Cc1cc(C)n(-c2cncc(NC3CCN(C(=O)c4ccccc4F)CC3)n2)n1. The quantitative estimate of drug-likeness (QED) is 0.736. The predicted octanol–water partition coefficient (Wildman–Crippen LogP) is 3.13. The van der Waals surface area contributed by atoms with Crippen LogP contribution < -0.4 is 5.32 Å². The van der Waals surface area contributed by atoms with Crippen LogP contribution in [-0.4, -0.2) is 49.7 Å². The Hall–Kier alpha value is -3.29. The van der Waals surface area contributed by atoms with Crippen molar-refractivity contribution in [2.75, 3.05) is 18.4 Å². The second-order valence-electron chi connectivity index (χ2n) is 7.29. The highest BCUT2D eigenvalue weighted by molar-refractivity contribution is 5.94. The minimum Gasteiger partial charge on any atom is -0.366 e. The summed E-state index contributed by atoms with van der Waals surface area (Å²) in [4.78, 5) is 23.2. The van der Waals surface area contributed by atoms with Crippen molar-refractivity contribution in [2.24, 2.45) is 0 Å². The van der Waals surface area contributed by atoms with Crippen LogP contribution in [0.5, 0.6) is 0 Å². The van der Waals surface area contributed by atoms with Gasteiger partial charge in [0.05, 0.1) is 23.7 Å². The van der Waals surface area contributed by atoms with Gasteiger partial charge in [-0.05, 0) is 44.9 Å². The summed E-state index contributed by atoms with van der Waals surface area (Å²) < 4.78 is 15.7. The lowest BCUT2D eigenvalue weighted by molar-refractivity contribution is 0.0713.